The zero-order valence-corrected chi connectivity index (χ0v) is 34.5. The van der Waals surface area contributed by atoms with Gasteiger partial charge in [-0.25, -0.2) is 23.0 Å². The van der Waals surface area contributed by atoms with Crippen molar-refractivity contribution in [1.82, 2.24) is 4.98 Å². The van der Waals surface area contributed by atoms with E-state index in [0.29, 0.717) is 28.0 Å². The smallest absolute Gasteiger partial charge is 0.492 e. The van der Waals surface area contributed by atoms with Crippen LogP contribution in [0.25, 0.3) is 10.8 Å². The van der Waals surface area contributed by atoms with Gasteiger partial charge in [0.05, 0.1) is 50.2 Å². The van der Waals surface area contributed by atoms with Gasteiger partial charge < -0.3 is 49.5 Å². The van der Waals surface area contributed by atoms with E-state index in [9.17, 15) is 31.2 Å². The Morgan fingerprint density at radius 1 is 0.787 bits per heavy atom. The molecule has 0 aliphatic rings. The lowest BCUT2D eigenvalue weighted by atomic mass is 9.86. The van der Waals surface area contributed by atoms with Crippen LogP contribution in [-0.2, 0) is 29.7 Å². The summed E-state index contributed by atoms with van der Waals surface area (Å²) < 4.78 is 98.0. The zero-order chi connectivity index (χ0) is 44.4. The summed E-state index contributed by atoms with van der Waals surface area (Å²) in [6, 6.07) is 19.9. The van der Waals surface area contributed by atoms with Gasteiger partial charge in [-0.15, -0.1) is 13.2 Å². The highest BCUT2D eigenvalue weighted by Crippen LogP contribution is 2.40. The third kappa shape index (κ3) is 14.0. The van der Waals surface area contributed by atoms with Gasteiger partial charge in [0.2, 0.25) is 10.0 Å². The maximum atomic E-state index is 13.5. The number of nitrogens with zero attached hydrogens (tertiary/aromatic N) is 1. The number of rotatable bonds is 19. The highest BCUT2D eigenvalue weighted by Gasteiger charge is 2.31. The van der Waals surface area contributed by atoms with Crippen LogP contribution in [0.15, 0.2) is 85.1 Å². The fraction of sp³-hybridized carbons (Fsp3) is 0.293. The molecule has 0 radical (unpaired) electrons. The topological polar surface area (TPSA) is 205 Å². The first-order valence-electron chi connectivity index (χ1n) is 18.4. The van der Waals surface area contributed by atoms with Crippen molar-refractivity contribution in [2.24, 2.45) is 0 Å². The van der Waals surface area contributed by atoms with E-state index in [2.05, 4.69) is 30.4 Å². The van der Waals surface area contributed by atoms with Crippen LogP contribution in [0.5, 0.6) is 28.7 Å². The lowest BCUT2D eigenvalue weighted by Crippen LogP contribution is -2.22. The van der Waals surface area contributed by atoms with E-state index in [1.807, 2.05) is 20.8 Å². The number of methoxy groups -OCH3 is 1. The van der Waals surface area contributed by atoms with Crippen LogP contribution in [0.1, 0.15) is 26.3 Å². The van der Waals surface area contributed by atoms with Crippen LogP contribution in [0.4, 0.5) is 46.5 Å². The number of ether oxygens (including phenoxy) is 6. The molecular weight excluding hydrogens is 828 g/mol. The molecule has 61 heavy (non-hydrogen) atoms. The van der Waals surface area contributed by atoms with Gasteiger partial charge in [0.1, 0.15) is 42.0 Å². The fourth-order valence-electron chi connectivity index (χ4n) is 5.73. The number of carboxylic acids is 1. The normalized spacial score (nSPS) is 11.7. The quantitative estimate of drug-likeness (QED) is 0.0495. The van der Waals surface area contributed by atoms with Crippen molar-refractivity contribution in [1.29, 1.82) is 0 Å². The molecule has 0 aliphatic heterocycles. The molecule has 5 rings (SSSR count). The Bertz CT molecular complexity index is 2460. The van der Waals surface area contributed by atoms with Crippen LogP contribution < -0.4 is 39.6 Å². The Kier molecular flexibility index (Phi) is 14.7. The number of nitrogens with one attached hydrogen (secondary N) is 4. The predicted octanol–water partition coefficient (Wildman–Crippen LogP) is 8.49. The summed E-state index contributed by atoms with van der Waals surface area (Å²) in [5.41, 5.74) is 1.29. The number of hydrogen-bond donors (Lipinski definition) is 5. The average molecular weight is 872 g/mol. The monoisotopic (exact) mass is 871 g/mol. The maximum Gasteiger partial charge on any atom is 0.573 e. The van der Waals surface area contributed by atoms with E-state index in [-0.39, 0.29) is 60.8 Å². The maximum absolute atomic E-state index is 13.5. The number of halogens is 3. The Morgan fingerprint density at radius 2 is 1.46 bits per heavy atom. The van der Waals surface area contributed by atoms with Gasteiger partial charge in [0, 0.05) is 46.9 Å². The van der Waals surface area contributed by atoms with Crippen LogP contribution in [-0.4, -0.2) is 83.3 Å². The van der Waals surface area contributed by atoms with E-state index in [0.717, 1.165) is 24.0 Å². The number of carbonyl (C=O) groups is 2. The number of carbonyl (C=O) groups excluding carboxylic acids is 1. The number of amides is 2. The highest BCUT2D eigenvalue weighted by atomic mass is 32.2. The number of aliphatic carboxylic acids is 1. The number of fused-ring (bicyclic) bond motifs is 1. The molecule has 16 nitrogen and oxygen atoms in total. The summed E-state index contributed by atoms with van der Waals surface area (Å²) in [5.74, 6) is -0.601. The minimum Gasteiger partial charge on any atom is -0.492 e. The molecule has 5 aromatic rings. The summed E-state index contributed by atoms with van der Waals surface area (Å²) in [6.45, 7) is 5.47. The first-order chi connectivity index (χ1) is 28.8. The number of aromatic nitrogens is 1. The fourth-order valence-corrected chi connectivity index (χ4v) is 6.28. The molecule has 5 N–H and O–H groups in total. The molecule has 0 bridgehead atoms. The molecule has 0 saturated carbocycles. The van der Waals surface area contributed by atoms with E-state index in [4.69, 9.17) is 28.8 Å². The number of urea groups is 1. The zero-order valence-electron chi connectivity index (χ0n) is 33.6. The molecule has 0 unspecified atom stereocenters. The Labute approximate surface area is 349 Å². The number of carboxylic acid groups (broad SMARTS) is 1. The number of anilines is 5. The van der Waals surface area contributed by atoms with Crippen molar-refractivity contribution in [2.45, 2.75) is 32.5 Å². The molecule has 0 saturated heterocycles. The molecule has 0 fully saturated rings. The first kappa shape index (κ1) is 45.6. The van der Waals surface area contributed by atoms with Crippen molar-refractivity contribution in [3.05, 3.63) is 90.6 Å². The molecule has 20 heteroatoms. The molecule has 0 aliphatic carbocycles. The van der Waals surface area contributed by atoms with Crippen molar-refractivity contribution >= 4 is 61.4 Å². The SMILES string of the molecule is COc1c(NC(=O)Nc2ccc(Oc3ccnc(Nc4cc(OCCOCCOCC(=O)O)cc(OC(F)(F)F)c4)c3)c3ccccc23)cc(C(C)(C)C)cc1NS(C)(=O)=O. The van der Waals surface area contributed by atoms with Crippen LogP contribution in [0, 0.1) is 0 Å². The minimum atomic E-state index is -4.98. The van der Waals surface area contributed by atoms with Crippen LogP contribution in [0.3, 0.4) is 0 Å². The van der Waals surface area contributed by atoms with Gasteiger partial charge in [0.15, 0.2) is 5.75 Å². The second kappa shape index (κ2) is 19.7. The average Bonchev–Trinajstić information content (AvgIpc) is 3.15. The third-order valence-corrected chi connectivity index (χ3v) is 8.86. The standard InChI is InChI=1S/C41H44F3N5O11S/c1-40(2,3)25-18-33(38(55-4)34(19-25)49-61(5,53)54)48-39(52)47-32-10-11-35(31-9-7-6-8-30(31)32)59-27-12-13-45-36(23-27)46-26-20-28(22-29(21-26)60-41(42,43)44)58-17-16-56-14-15-57-24-37(50)51/h6-13,18-23,49H,14-17,24H2,1-5H3,(H,45,46)(H,50,51)(H2,47,48,52). The van der Waals surface area contributed by atoms with Crippen molar-refractivity contribution in [3.63, 3.8) is 0 Å². The minimum absolute atomic E-state index is 0.0301. The summed E-state index contributed by atoms with van der Waals surface area (Å²) in [4.78, 5) is 28.3. The summed E-state index contributed by atoms with van der Waals surface area (Å²) in [6.07, 6.45) is -2.53. The van der Waals surface area contributed by atoms with E-state index < -0.39 is 46.2 Å². The van der Waals surface area contributed by atoms with E-state index in [1.54, 1.807) is 54.6 Å². The Balaban J connectivity index is 1.31. The second-order valence-electron chi connectivity index (χ2n) is 14.2. The Hall–Kier alpha value is -6.51. The number of alkyl halides is 3. The first-order valence-corrected chi connectivity index (χ1v) is 20.3. The van der Waals surface area contributed by atoms with Gasteiger partial charge in [-0.3, -0.25) is 4.72 Å². The lowest BCUT2D eigenvalue weighted by molar-refractivity contribution is -0.274. The van der Waals surface area contributed by atoms with Gasteiger partial charge in [-0.05, 0) is 41.3 Å². The van der Waals surface area contributed by atoms with Gasteiger partial charge >= 0.3 is 18.4 Å². The summed E-state index contributed by atoms with van der Waals surface area (Å²) in [7, 11) is -2.32. The summed E-state index contributed by atoms with van der Waals surface area (Å²) in [5, 5.41) is 18.4. The largest absolute Gasteiger partial charge is 0.573 e. The summed E-state index contributed by atoms with van der Waals surface area (Å²) >= 11 is 0. The predicted molar refractivity (Wildman–Crippen MR) is 222 cm³/mol. The highest BCUT2D eigenvalue weighted by molar-refractivity contribution is 7.92. The lowest BCUT2D eigenvalue weighted by Gasteiger charge is -2.24. The molecule has 1 aromatic heterocycles. The third-order valence-electron chi connectivity index (χ3n) is 8.27. The second-order valence-corrected chi connectivity index (χ2v) is 16.0. The van der Waals surface area contributed by atoms with E-state index >= 15 is 0 Å². The number of hydrogen-bond acceptors (Lipinski definition) is 12. The number of pyridine rings is 1. The Morgan fingerprint density at radius 3 is 2.15 bits per heavy atom. The van der Waals surface area contributed by atoms with Crippen molar-refractivity contribution in [2.75, 3.05) is 67.1 Å². The number of sulfonamides is 1. The van der Waals surface area contributed by atoms with E-state index in [1.165, 1.54) is 25.4 Å². The number of benzene rings is 4. The molecule has 0 atom stereocenters. The molecule has 2 amide bonds. The molecule has 326 valence electrons. The van der Waals surface area contributed by atoms with Gasteiger partial charge in [-0.1, -0.05) is 45.0 Å². The van der Waals surface area contributed by atoms with Gasteiger partial charge in [0.25, 0.3) is 0 Å². The van der Waals surface area contributed by atoms with Gasteiger partial charge in [-0.2, -0.15) is 0 Å². The molecule has 0 spiro atoms. The molecule has 4 aromatic carbocycles. The molecular formula is C41H44F3N5O11S. The van der Waals surface area contributed by atoms with Crippen molar-refractivity contribution < 1.29 is 64.7 Å². The van der Waals surface area contributed by atoms with Crippen LogP contribution in [0.2, 0.25) is 0 Å². The molecule has 1 heterocycles. The van der Waals surface area contributed by atoms with Crippen LogP contribution >= 0.6 is 0 Å². The van der Waals surface area contributed by atoms with Crippen molar-refractivity contribution in [3.8, 4) is 28.7 Å².